The highest BCUT2D eigenvalue weighted by Gasteiger charge is 2.33. The molecule has 2 aromatic carbocycles. The number of ether oxygens (including phenoxy) is 1. The molecule has 1 aliphatic heterocycles. The third-order valence-electron chi connectivity index (χ3n) is 5.77. The Morgan fingerprint density at radius 1 is 1.06 bits per heavy atom. The maximum Gasteiger partial charge on any atom is 0.309 e. The summed E-state index contributed by atoms with van der Waals surface area (Å²) in [7, 11) is 0. The Morgan fingerprint density at radius 3 is 2.39 bits per heavy atom. The molecule has 6 nitrogen and oxygen atoms in total. The number of esters is 1. The molecule has 0 unspecified atom stereocenters. The highest BCUT2D eigenvalue weighted by Crippen LogP contribution is 2.25. The lowest BCUT2D eigenvalue weighted by atomic mass is 9.91. The first kappa shape index (κ1) is 22.8. The van der Waals surface area contributed by atoms with Crippen LogP contribution in [0.3, 0.4) is 0 Å². The lowest BCUT2D eigenvalue weighted by Crippen LogP contribution is -2.45. The molecule has 1 atom stereocenters. The molecule has 166 valence electrons. The van der Waals surface area contributed by atoms with Crippen LogP contribution < -0.4 is 5.32 Å². The first-order valence-corrected chi connectivity index (χ1v) is 10.9. The summed E-state index contributed by atoms with van der Waals surface area (Å²) < 4.78 is 5.28. The van der Waals surface area contributed by atoms with Gasteiger partial charge in [-0.05, 0) is 36.1 Å². The first-order valence-electron chi connectivity index (χ1n) is 10.9. The van der Waals surface area contributed by atoms with Gasteiger partial charge in [-0.3, -0.25) is 14.4 Å². The van der Waals surface area contributed by atoms with E-state index in [4.69, 9.17) is 4.74 Å². The maximum absolute atomic E-state index is 12.4. The van der Waals surface area contributed by atoms with Crippen molar-refractivity contribution in [3.8, 4) is 0 Å². The second kappa shape index (κ2) is 9.50. The molecule has 3 rings (SSSR count). The van der Waals surface area contributed by atoms with Gasteiger partial charge in [0, 0.05) is 18.5 Å². The van der Waals surface area contributed by atoms with Crippen molar-refractivity contribution in [2.24, 2.45) is 11.3 Å². The van der Waals surface area contributed by atoms with Crippen molar-refractivity contribution < 1.29 is 19.1 Å². The number of fused-ring (bicyclic) bond motifs is 1. The number of benzene rings is 2. The van der Waals surface area contributed by atoms with Crippen LogP contribution in [0.4, 0.5) is 0 Å². The summed E-state index contributed by atoms with van der Waals surface area (Å²) in [5.41, 5.74) is 0.598. The second-order valence-electron chi connectivity index (χ2n) is 9.28. The number of carbonyl (C=O) groups is 3. The predicted octanol–water partition coefficient (Wildman–Crippen LogP) is 3.84. The van der Waals surface area contributed by atoms with E-state index in [-0.39, 0.29) is 36.4 Å². The van der Waals surface area contributed by atoms with Gasteiger partial charge in [0.05, 0.1) is 12.0 Å². The van der Waals surface area contributed by atoms with Gasteiger partial charge in [0.2, 0.25) is 5.91 Å². The van der Waals surface area contributed by atoms with Gasteiger partial charge >= 0.3 is 5.97 Å². The fourth-order valence-corrected chi connectivity index (χ4v) is 4.04. The number of hydrogen-bond acceptors (Lipinski definition) is 4. The molecule has 2 aromatic rings. The van der Waals surface area contributed by atoms with E-state index < -0.39 is 5.41 Å². The van der Waals surface area contributed by atoms with Crippen molar-refractivity contribution >= 4 is 28.6 Å². The molecule has 0 aromatic heterocycles. The van der Waals surface area contributed by atoms with E-state index in [2.05, 4.69) is 5.32 Å². The van der Waals surface area contributed by atoms with Crippen LogP contribution in [0.2, 0.25) is 0 Å². The second-order valence-corrected chi connectivity index (χ2v) is 9.28. The fraction of sp³-hybridized carbons (Fsp3) is 0.480. The van der Waals surface area contributed by atoms with E-state index in [1.54, 1.807) is 0 Å². The zero-order chi connectivity index (χ0) is 22.6. The lowest BCUT2D eigenvalue weighted by molar-refractivity contribution is -0.155. The van der Waals surface area contributed by atoms with Gasteiger partial charge in [-0.2, -0.15) is 0 Å². The first-order chi connectivity index (χ1) is 14.7. The number of nitrogens with one attached hydrogen (secondary N) is 1. The molecule has 0 saturated carbocycles. The van der Waals surface area contributed by atoms with E-state index >= 15 is 0 Å². The largest absolute Gasteiger partial charge is 0.455 e. The third kappa shape index (κ3) is 5.63. The van der Waals surface area contributed by atoms with Gasteiger partial charge in [-0.1, -0.05) is 63.2 Å². The molecule has 1 aliphatic rings. The Balaban J connectivity index is 1.47. The zero-order valence-electron chi connectivity index (χ0n) is 18.8. The third-order valence-corrected chi connectivity index (χ3v) is 5.77. The molecule has 0 bridgehead atoms. The molecular weight excluding hydrogens is 392 g/mol. The Hall–Kier alpha value is -2.89. The van der Waals surface area contributed by atoms with Crippen molar-refractivity contribution in [3.05, 3.63) is 48.0 Å². The van der Waals surface area contributed by atoms with Gasteiger partial charge < -0.3 is 15.0 Å². The molecule has 1 saturated heterocycles. The van der Waals surface area contributed by atoms with E-state index in [9.17, 15) is 14.4 Å². The topological polar surface area (TPSA) is 75.7 Å². The summed E-state index contributed by atoms with van der Waals surface area (Å²) in [6.07, 6.45) is 1.13. The maximum atomic E-state index is 12.4. The number of rotatable bonds is 5. The van der Waals surface area contributed by atoms with E-state index in [0.29, 0.717) is 25.9 Å². The number of nitrogens with zero attached hydrogens (tertiary/aromatic N) is 1. The van der Waals surface area contributed by atoms with Crippen LogP contribution >= 0.6 is 0 Å². The number of piperidine rings is 1. The van der Waals surface area contributed by atoms with Gasteiger partial charge in [-0.25, -0.2) is 0 Å². The van der Waals surface area contributed by atoms with E-state index in [1.165, 1.54) is 0 Å². The zero-order valence-corrected chi connectivity index (χ0v) is 18.8. The molecule has 1 heterocycles. The minimum atomic E-state index is -0.424. The van der Waals surface area contributed by atoms with Crippen molar-refractivity contribution in [2.45, 2.75) is 46.6 Å². The summed E-state index contributed by atoms with van der Waals surface area (Å²) in [5.74, 6) is -0.863. The highest BCUT2D eigenvalue weighted by molar-refractivity contribution is 5.87. The van der Waals surface area contributed by atoms with Crippen LogP contribution in [0.15, 0.2) is 42.5 Å². The number of hydrogen-bond donors (Lipinski definition) is 1. The predicted molar refractivity (Wildman–Crippen MR) is 120 cm³/mol. The van der Waals surface area contributed by atoms with Gasteiger partial charge in [-0.15, -0.1) is 0 Å². The van der Waals surface area contributed by atoms with Crippen molar-refractivity contribution in [1.82, 2.24) is 10.2 Å². The molecule has 6 heteroatoms. The van der Waals surface area contributed by atoms with Crippen LogP contribution in [0.25, 0.3) is 10.8 Å². The van der Waals surface area contributed by atoms with Crippen LogP contribution in [-0.2, 0) is 19.1 Å². The van der Waals surface area contributed by atoms with Gasteiger partial charge in [0.1, 0.15) is 0 Å². The molecular formula is C25H32N2O4. The monoisotopic (exact) mass is 424 g/mol. The van der Waals surface area contributed by atoms with Crippen molar-refractivity contribution in [1.29, 1.82) is 0 Å². The van der Waals surface area contributed by atoms with Crippen LogP contribution in [0.5, 0.6) is 0 Å². The molecule has 0 aliphatic carbocycles. The van der Waals surface area contributed by atoms with Gasteiger partial charge in [0.15, 0.2) is 6.61 Å². The smallest absolute Gasteiger partial charge is 0.309 e. The fourth-order valence-electron chi connectivity index (χ4n) is 4.04. The highest BCUT2D eigenvalue weighted by atomic mass is 16.5. The molecule has 31 heavy (non-hydrogen) atoms. The summed E-state index contributed by atoms with van der Waals surface area (Å²) >= 11 is 0. The molecule has 0 radical (unpaired) electrons. The number of carbonyl (C=O) groups excluding carboxylic acids is 3. The van der Waals surface area contributed by atoms with Crippen molar-refractivity contribution in [3.63, 3.8) is 0 Å². The van der Waals surface area contributed by atoms with Crippen LogP contribution in [0.1, 0.15) is 52.1 Å². The normalized spacial score (nSPS) is 16.1. The average molecular weight is 425 g/mol. The quantitative estimate of drug-likeness (QED) is 0.740. The SMILES string of the molecule is C[C@H](NC(=O)COC(=O)C1CCN(C(=O)C(C)(C)C)CC1)c1cccc2ccccc12. The Bertz CT molecular complexity index is 950. The summed E-state index contributed by atoms with van der Waals surface area (Å²) in [6.45, 7) is 8.40. The molecule has 0 spiro atoms. The van der Waals surface area contributed by atoms with Crippen LogP contribution in [0, 0.1) is 11.3 Å². The number of likely N-dealkylation sites (tertiary alicyclic amines) is 1. The Morgan fingerprint density at radius 2 is 1.71 bits per heavy atom. The summed E-state index contributed by atoms with van der Waals surface area (Å²) in [6, 6.07) is 13.8. The van der Waals surface area contributed by atoms with E-state index in [0.717, 1.165) is 16.3 Å². The standard InChI is InChI=1S/C25H32N2O4/c1-17(20-11-7-9-18-8-5-6-10-21(18)20)26-22(28)16-31-23(29)19-12-14-27(15-13-19)24(30)25(2,3)4/h5-11,17,19H,12-16H2,1-4H3,(H,26,28)/t17-/m0/s1. The number of amides is 2. The Kier molecular flexibility index (Phi) is 6.98. The van der Waals surface area contributed by atoms with Crippen molar-refractivity contribution in [2.75, 3.05) is 19.7 Å². The molecule has 2 amide bonds. The summed E-state index contributed by atoms with van der Waals surface area (Å²) in [5, 5.41) is 5.12. The van der Waals surface area contributed by atoms with E-state index in [1.807, 2.05) is 75.1 Å². The Labute approximate surface area is 183 Å². The minimum Gasteiger partial charge on any atom is -0.455 e. The molecule has 1 fully saturated rings. The minimum absolute atomic E-state index is 0.0983. The van der Waals surface area contributed by atoms with Gasteiger partial charge in [0.25, 0.3) is 5.91 Å². The lowest BCUT2D eigenvalue weighted by Gasteiger charge is -2.34. The van der Waals surface area contributed by atoms with Crippen LogP contribution in [-0.4, -0.2) is 42.4 Å². The summed E-state index contributed by atoms with van der Waals surface area (Å²) in [4.78, 5) is 38.9. The molecule has 1 N–H and O–H groups in total. The average Bonchev–Trinajstić information content (AvgIpc) is 2.76.